The van der Waals surface area contributed by atoms with E-state index >= 15 is 0 Å². The Bertz CT molecular complexity index is 469. The standard InChI is InChI=1S/C13H17N3O3/c1-15(13(17)8-9-14-10-2-3-10)11-4-6-12(7-5-11)16(18)19/h4-7,10,14H,2-3,8-9H2,1H3. The van der Waals surface area contributed by atoms with Gasteiger partial charge in [-0.2, -0.15) is 0 Å². The second-order valence-corrected chi connectivity index (χ2v) is 4.70. The van der Waals surface area contributed by atoms with Crippen LogP contribution in [-0.4, -0.2) is 30.5 Å². The van der Waals surface area contributed by atoms with Gasteiger partial charge in [-0.15, -0.1) is 0 Å². The highest BCUT2D eigenvalue weighted by Gasteiger charge is 2.20. The average Bonchev–Trinajstić information content (AvgIpc) is 3.22. The zero-order valence-corrected chi connectivity index (χ0v) is 10.8. The summed E-state index contributed by atoms with van der Waals surface area (Å²) >= 11 is 0. The zero-order chi connectivity index (χ0) is 13.8. The summed E-state index contributed by atoms with van der Waals surface area (Å²) < 4.78 is 0. The first kappa shape index (κ1) is 13.5. The number of nitrogens with zero attached hydrogens (tertiary/aromatic N) is 2. The predicted octanol–water partition coefficient (Wildman–Crippen LogP) is 1.70. The van der Waals surface area contributed by atoms with Crippen molar-refractivity contribution in [3.05, 3.63) is 34.4 Å². The molecule has 0 atom stereocenters. The van der Waals surface area contributed by atoms with Crippen LogP contribution in [0.3, 0.4) is 0 Å². The monoisotopic (exact) mass is 263 g/mol. The summed E-state index contributed by atoms with van der Waals surface area (Å²) in [7, 11) is 1.68. The molecular formula is C13H17N3O3. The number of hydrogen-bond donors (Lipinski definition) is 1. The summed E-state index contributed by atoms with van der Waals surface area (Å²) in [5, 5.41) is 13.8. The molecule has 1 aromatic rings. The molecule has 1 N–H and O–H groups in total. The van der Waals surface area contributed by atoms with Gasteiger partial charge in [0.05, 0.1) is 4.92 Å². The predicted molar refractivity (Wildman–Crippen MR) is 72.1 cm³/mol. The van der Waals surface area contributed by atoms with Crippen LogP contribution in [0.25, 0.3) is 0 Å². The highest BCUT2D eigenvalue weighted by Crippen LogP contribution is 2.20. The van der Waals surface area contributed by atoms with Crippen molar-refractivity contribution in [2.24, 2.45) is 0 Å². The SMILES string of the molecule is CN(C(=O)CCNC1CC1)c1ccc([N+](=O)[O-])cc1. The lowest BCUT2D eigenvalue weighted by Gasteiger charge is -2.17. The van der Waals surface area contributed by atoms with Gasteiger partial charge in [-0.3, -0.25) is 14.9 Å². The van der Waals surface area contributed by atoms with Crippen molar-refractivity contribution in [1.29, 1.82) is 0 Å². The van der Waals surface area contributed by atoms with Crippen LogP contribution in [0.4, 0.5) is 11.4 Å². The second-order valence-electron chi connectivity index (χ2n) is 4.70. The van der Waals surface area contributed by atoms with Gasteiger partial charge in [0.1, 0.15) is 0 Å². The molecule has 19 heavy (non-hydrogen) atoms. The smallest absolute Gasteiger partial charge is 0.269 e. The van der Waals surface area contributed by atoms with Gasteiger partial charge >= 0.3 is 0 Å². The first-order chi connectivity index (χ1) is 9.08. The second kappa shape index (κ2) is 5.79. The van der Waals surface area contributed by atoms with Gasteiger partial charge in [-0.1, -0.05) is 0 Å². The number of rotatable bonds is 6. The quantitative estimate of drug-likeness (QED) is 0.626. The van der Waals surface area contributed by atoms with E-state index in [9.17, 15) is 14.9 Å². The lowest BCUT2D eigenvalue weighted by molar-refractivity contribution is -0.384. The molecule has 2 rings (SSSR count). The molecule has 1 aromatic carbocycles. The van der Waals surface area contributed by atoms with E-state index in [0.717, 1.165) is 0 Å². The summed E-state index contributed by atoms with van der Waals surface area (Å²) in [5.74, 6) is 0.00185. The molecule has 6 heteroatoms. The van der Waals surface area contributed by atoms with E-state index in [-0.39, 0.29) is 11.6 Å². The Balaban J connectivity index is 1.87. The molecule has 6 nitrogen and oxygen atoms in total. The molecule has 0 unspecified atom stereocenters. The number of non-ortho nitro benzene ring substituents is 1. The summed E-state index contributed by atoms with van der Waals surface area (Å²) in [6, 6.07) is 6.58. The van der Waals surface area contributed by atoms with Gasteiger partial charge < -0.3 is 10.2 Å². The van der Waals surface area contributed by atoms with Crippen LogP contribution in [0.1, 0.15) is 19.3 Å². The molecule has 0 aliphatic heterocycles. The third-order valence-corrected chi connectivity index (χ3v) is 3.17. The Morgan fingerprint density at radius 3 is 2.58 bits per heavy atom. The molecule has 0 spiro atoms. The van der Waals surface area contributed by atoms with Crippen molar-refractivity contribution in [3.63, 3.8) is 0 Å². The Morgan fingerprint density at radius 2 is 2.05 bits per heavy atom. The van der Waals surface area contributed by atoms with Crippen LogP contribution in [0, 0.1) is 10.1 Å². The van der Waals surface area contributed by atoms with Gasteiger partial charge in [-0.25, -0.2) is 0 Å². The molecule has 0 heterocycles. The Hall–Kier alpha value is -1.95. The van der Waals surface area contributed by atoms with E-state index in [1.54, 1.807) is 19.2 Å². The summed E-state index contributed by atoms with van der Waals surface area (Å²) in [6.45, 7) is 0.681. The molecule has 0 saturated heterocycles. The highest BCUT2D eigenvalue weighted by atomic mass is 16.6. The summed E-state index contributed by atoms with van der Waals surface area (Å²) in [5.41, 5.74) is 0.696. The van der Waals surface area contributed by atoms with Crippen molar-refractivity contribution in [3.8, 4) is 0 Å². The number of nitro benzene ring substituents is 1. The van der Waals surface area contributed by atoms with Crippen molar-refractivity contribution < 1.29 is 9.72 Å². The number of benzene rings is 1. The molecule has 1 aliphatic rings. The molecule has 1 fully saturated rings. The molecule has 102 valence electrons. The average molecular weight is 263 g/mol. The van der Waals surface area contributed by atoms with Crippen molar-refractivity contribution in [2.45, 2.75) is 25.3 Å². The van der Waals surface area contributed by atoms with Gasteiger partial charge in [-0.05, 0) is 25.0 Å². The summed E-state index contributed by atoms with van der Waals surface area (Å²) in [6.07, 6.45) is 2.84. The Morgan fingerprint density at radius 1 is 1.42 bits per heavy atom. The first-order valence-corrected chi connectivity index (χ1v) is 6.32. The highest BCUT2D eigenvalue weighted by molar-refractivity contribution is 5.92. The molecule has 0 bridgehead atoms. The number of hydrogen-bond acceptors (Lipinski definition) is 4. The van der Waals surface area contributed by atoms with E-state index in [1.807, 2.05) is 0 Å². The molecule has 1 saturated carbocycles. The topological polar surface area (TPSA) is 75.5 Å². The third-order valence-electron chi connectivity index (χ3n) is 3.17. The fraction of sp³-hybridized carbons (Fsp3) is 0.462. The van der Waals surface area contributed by atoms with Crippen molar-refractivity contribution in [1.82, 2.24) is 5.32 Å². The van der Waals surface area contributed by atoms with E-state index in [0.29, 0.717) is 24.7 Å². The van der Waals surface area contributed by atoms with E-state index in [2.05, 4.69) is 5.32 Å². The van der Waals surface area contributed by atoms with Crippen LogP contribution in [0.2, 0.25) is 0 Å². The number of nitrogens with one attached hydrogen (secondary N) is 1. The van der Waals surface area contributed by atoms with Crippen LogP contribution in [0.15, 0.2) is 24.3 Å². The Kier molecular flexibility index (Phi) is 4.11. The lowest BCUT2D eigenvalue weighted by Crippen LogP contribution is -2.30. The number of amides is 1. The van der Waals surface area contributed by atoms with Crippen LogP contribution in [-0.2, 0) is 4.79 Å². The molecule has 0 radical (unpaired) electrons. The minimum Gasteiger partial charge on any atom is -0.315 e. The number of carbonyl (C=O) groups is 1. The van der Waals surface area contributed by atoms with Crippen LogP contribution in [0.5, 0.6) is 0 Å². The maximum atomic E-state index is 11.9. The largest absolute Gasteiger partial charge is 0.315 e. The fourth-order valence-electron chi connectivity index (χ4n) is 1.78. The number of nitro groups is 1. The minimum atomic E-state index is -0.453. The van der Waals surface area contributed by atoms with Gasteiger partial charge in [0, 0.05) is 43.9 Å². The Labute approximate surface area is 111 Å². The maximum Gasteiger partial charge on any atom is 0.269 e. The molecule has 0 aromatic heterocycles. The van der Waals surface area contributed by atoms with Crippen LogP contribution >= 0.6 is 0 Å². The van der Waals surface area contributed by atoms with Crippen molar-refractivity contribution >= 4 is 17.3 Å². The fourth-order valence-corrected chi connectivity index (χ4v) is 1.78. The number of carbonyl (C=O) groups excluding carboxylic acids is 1. The van der Waals surface area contributed by atoms with E-state index in [4.69, 9.17) is 0 Å². The number of anilines is 1. The zero-order valence-electron chi connectivity index (χ0n) is 10.8. The van der Waals surface area contributed by atoms with Gasteiger partial charge in [0.25, 0.3) is 5.69 Å². The normalized spacial score (nSPS) is 14.2. The van der Waals surface area contributed by atoms with E-state index < -0.39 is 4.92 Å². The molecule has 1 amide bonds. The summed E-state index contributed by atoms with van der Waals surface area (Å²) in [4.78, 5) is 23.5. The molecular weight excluding hydrogens is 246 g/mol. The lowest BCUT2D eigenvalue weighted by atomic mass is 10.2. The van der Waals surface area contributed by atoms with E-state index in [1.165, 1.54) is 29.9 Å². The van der Waals surface area contributed by atoms with Crippen LogP contribution < -0.4 is 10.2 Å². The minimum absolute atomic E-state index is 0.00185. The van der Waals surface area contributed by atoms with Gasteiger partial charge in [0.2, 0.25) is 5.91 Å². The van der Waals surface area contributed by atoms with Gasteiger partial charge in [0.15, 0.2) is 0 Å². The van der Waals surface area contributed by atoms with Crippen molar-refractivity contribution in [2.75, 3.05) is 18.5 Å². The molecule has 1 aliphatic carbocycles. The maximum absolute atomic E-state index is 11.9. The third kappa shape index (κ3) is 3.75. The first-order valence-electron chi connectivity index (χ1n) is 6.32.